The summed E-state index contributed by atoms with van der Waals surface area (Å²) in [5.74, 6) is 0. The average molecular weight is 504 g/mol. The van der Waals surface area contributed by atoms with Crippen LogP contribution in [0.3, 0.4) is 0 Å². The van der Waals surface area contributed by atoms with Crippen LogP contribution in [0.2, 0.25) is 0 Å². The van der Waals surface area contributed by atoms with E-state index < -0.39 is 112 Å². The van der Waals surface area contributed by atoms with E-state index in [2.05, 4.69) is 0 Å². The molecule has 3 heterocycles. The third kappa shape index (κ3) is 5.37. The molecule has 0 saturated carbocycles. The van der Waals surface area contributed by atoms with Gasteiger partial charge in [-0.25, -0.2) is 0 Å². The third-order valence-corrected chi connectivity index (χ3v) is 6.09. The van der Waals surface area contributed by atoms with Crippen LogP contribution >= 0.6 is 0 Å². The summed E-state index contributed by atoms with van der Waals surface area (Å²) in [6.45, 7) is -2.33. The Morgan fingerprint density at radius 3 is 1.35 bits per heavy atom. The molecule has 16 heteroatoms. The first-order valence-corrected chi connectivity index (χ1v) is 10.6. The molecule has 3 aliphatic rings. The fraction of sp³-hybridized carbons (Fsp3) is 1.00. The van der Waals surface area contributed by atoms with E-state index in [1.54, 1.807) is 0 Å². The first-order chi connectivity index (χ1) is 16.0. The largest absolute Gasteiger partial charge is 0.394 e. The van der Waals surface area contributed by atoms with Crippen LogP contribution in [0.1, 0.15) is 0 Å². The van der Waals surface area contributed by atoms with E-state index in [4.69, 9.17) is 23.7 Å². The molecule has 0 amide bonds. The van der Waals surface area contributed by atoms with Gasteiger partial charge in [0, 0.05) is 0 Å². The molecule has 0 radical (unpaired) electrons. The molecule has 0 unspecified atom stereocenters. The van der Waals surface area contributed by atoms with Gasteiger partial charge in [0.1, 0.15) is 73.2 Å². The normalized spacial score (nSPS) is 52.5. The topological polar surface area (TPSA) is 269 Å². The van der Waals surface area contributed by atoms with Crippen molar-refractivity contribution in [2.24, 2.45) is 0 Å². The summed E-state index contributed by atoms with van der Waals surface area (Å²) in [5, 5.41) is 110. The van der Waals surface area contributed by atoms with Gasteiger partial charge in [-0.05, 0) is 0 Å². The summed E-state index contributed by atoms with van der Waals surface area (Å²) in [5.41, 5.74) is 0. The van der Waals surface area contributed by atoms with Crippen molar-refractivity contribution >= 4 is 0 Å². The Hall–Kier alpha value is -0.640. The van der Waals surface area contributed by atoms with Gasteiger partial charge in [0.2, 0.25) is 0 Å². The predicted molar refractivity (Wildman–Crippen MR) is 101 cm³/mol. The number of ether oxygens (including phenoxy) is 5. The summed E-state index contributed by atoms with van der Waals surface area (Å²) in [6, 6.07) is 0. The molecule has 3 saturated heterocycles. The van der Waals surface area contributed by atoms with E-state index >= 15 is 0 Å². The molecule has 0 aromatic heterocycles. The van der Waals surface area contributed by atoms with E-state index in [0.29, 0.717) is 0 Å². The van der Waals surface area contributed by atoms with Crippen molar-refractivity contribution in [1.29, 1.82) is 0 Å². The SMILES string of the molecule is OC[C@@H]1O[C@@H](O)[C@@H](O)[C@@H](O[C@H]2O[C@@H](CO)[C@@H](O)[C@@H](O[C@H]3O[C@@H](CO)[C@@H](O)[C@@H](O)[C@H]3O)[C@H]2O)[C@H]1O. The zero-order valence-corrected chi connectivity index (χ0v) is 17.7. The summed E-state index contributed by atoms with van der Waals surface area (Å²) in [6.07, 6.45) is -25.5. The Morgan fingerprint density at radius 2 is 0.853 bits per heavy atom. The van der Waals surface area contributed by atoms with Crippen molar-refractivity contribution in [2.45, 2.75) is 92.1 Å². The van der Waals surface area contributed by atoms with Crippen LogP contribution in [-0.4, -0.2) is 168 Å². The van der Waals surface area contributed by atoms with Crippen LogP contribution in [-0.2, 0) is 23.7 Å². The molecule has 0 aliphatic carbocycles. The van der Waals surface area contributed by atoms with E-state index in [1.165, 1.54) is 0 Å². The van der Waals surface area contributed by atoms with E-state index in [-0.39, 0.29) is 0 Å². The number of aliphatic hydroxyl groups is 11. The predicted octanol–water partition coefficient (Wildman–Crippen LogP) is -7.57. The third-order valence-electron chi connectivity index (χ3n) is 6.09. The molecule has 0 aromatic carbocycles. The highest BCUT2D eigenvalue weighted by Crippen LogP contribution is 2.32. The van der Waals surface area contributed by atoms with Crippen LogP contribution in [0.4, 0.5) is 0 Å². The Balaban J connectivity index is 1.78. The molecule has 3 aliphatic heterocycles. The Kier molecular flexibility index (Phi) is 9.54. The molecule has 3 fully saturated rings. The number of hydrogen-bond acceptors (Lipinski definition) is 16. The summed E-state index contributed by atoms with van der Waals surface area (Å²) >= 11 is 0. The Morgan fingerprint density at radius 1 is 0.441 bits per heavy atom. The summed E-state index contributed by atoms with van der Waals surface area (Å²) in [4.78, 5) is 0. The van der Waals surface area contributed by atoms with Crippen LogP contribution in [0.5, 0.6) is 0 Å². The maximum atomic E-state index is 10.7. The second-order valence-corrected chi connectivity index (χ2v) is 8.33. The lowest BCUT2D eigenvalue weighted by atomic mass is 9.96. The second-order valence-electron chi connectivity index (χ2n) is 8.33. The van der Waals surface area contributed by atoms with Gasteiger partial charge in [-0.3, -0.25) is 0 Å². The van der Waals surface area contributed by atoms with Crippen molar-refractivity contribution in [3.05, 3.63) is 0 Å². The van der Waals surface area contributed by atoms with E-state index in [1.807, 2.05) is 0 Å². The number of rotatable bonds is 7. The van der Waals surface area contributed by atoms with Crippen molar-refractivity contribution in [1.82, 2.24) is 0 Å². The van der Waals surface area contributed by atoms with Crippen molar-refractivity contribution in [3.8, 4) is 0 Å². The highest BCUT2D eigenvalue weighted by molar-refractivity contribution is 4.96. The molecule has 0 spiro atoms. The fourth-order valence-electron chi connectivity index (χ4n) is 4.04. The molecular formula is C18H32O16. The van der Waals surface area contributed by atoms with Crippen LogP contribution in [0, 0.1) is 0 Å². The van der Waals surface area contributed by atoms with Crippen molar-refractivity contribution in [3.63, 3.8) is 0 Å². The minimum Gasteiger partial charge on any atom is -0.394 e. The van der Waals surface area contributed by atoms with Crippen LogP contribution in [0.15, 0.2) is 0 Å². The van der Waals surface area contributed by atoms with Crippen molar-refractivity contribution in [2.75, 3.05) is 19.8 Å². The molecule has 0 aromatic rings. The second kappa shape index (κ2) is 11.6. The number of aliphatic hydroxyl groups excluding tert-OH is 11. The molecule has 3 rings (SSSR count). The zero-order chi connectivity index (χ0) is 25.3. The molecule has 16 nitrogen and oxygen atoms in total. The van der Waals surface area contributed by atoms with Gasteiger partial charge < -0.3 is 79.9 Å². The van der Waals surface area contributed by atoms with Gasteiger partial charge in [-0.1, -0.05) is 0 Å². The van der Waals surface area contributed by atoms with Gasteiger partial charge in [-0.2, -0.15) is 0 Å². The lowest BCUT2D eigenvalue weighted by Crippen LogP contribution is -2.66. The Labute approximate surface area is 192 Å². The number of hydrogen-bond donors (Lipinski definition) is 11. The van der Waals surface area contributed by atoms with E-state index in [0.717, 1.165) is 0 Å². The quantitative estimate of drug-likeness (QED) is 0.154. The van der Waals surface area contributed by atoms with Crippen LogP contribution < -0.4 is 0 Å². The van der Waals surface area contributed by atoms with Gasteiger partial charge in [-0.15, -0.1) is 0 Å². The Bertz CT molecular complexity index is 639. The van der Waals surface area contributed by atoms with Gasteiger partial charge in [0.25, 0.3) is 0 Å². The fourth-order valence-corrected chi connectivity index (χ4v) is 4.04. The maximum absolute atomic E-state index is 10.7. The minimum atomic E-state index is -1.92. The summed E-state index contributed by atoms with van der Waals surface area (Å²) in [7, 11) is 0. The first kappa shape index (κ1) is 27.9. The first-order valence-electron chi connectivity index (χ1n) is 10.6. The van der Waals surface area contributed by atoms with E-state index in [9.17, 15) is 56.2 Å². The maximum Gasteiger partial charge on any atom is 0.187 e. The smallest absolute Gasteiger partial charge is 0.187 e. The lowest BCUT2D eigenvalue weighted by Gasteiger charge is -2.47. The summed E-state index contributed by atoms with van der Waals surface area (Å²) < 4.78 is 26.2. The minimum absolute atomic E-state index is 0.750. The molecular weight excluding hydrogens is 472 g/mol. The highest BCUT2D eigenvalue weighted by atomic mass is 16.7. The molecule has 15 atom stereocenters. The van der Waals surface area contributed by atoms with Crippen LogP contribution in [0.25, 0.3) is 0 Å². The zero-order valence-electron chi connectivity index (χ0n) is 17.7. The monoisotopic (exact) mass is 504 g/mol. The molecule has 200 valence electrons. The lowest BCUT2D eigenvalue weighted by molar-refractivity contribution is -0.379. The van der Waals surface area contributed by atoms with Crippen molar-refractivity contribution < 1.29 is 79.9 Å². The standard InChI is InChI=1S/C18H32O16/c19-1-4-7(22)10(25)11(26)17(31-4)34-15-9(24)6(3-21)32-18(13(15)28)33-14-8(23)5(2-20)30-16(29)12(14)27/h4-29H,1-3H2/t4-,5-,6-,7+,8-,9+,10+,11+,12-,13+,14-,15+,16+,17+,18+/m0/s1. The van der Waals surface area contributed by atoms with Gasteiger partial charge in [0.05, 0.1) is 19.8 Å². The van der Waals surface area contributed by atoms with Gasteiger partial charge >= 0.3 is 0 Å². The molecule has 34 heavy (non-hydrogen) atoms. The molecule has 0 bridgehead atoms. The molecule has 11 N–H and O–H groups in total. The van der Waals surface area contributed by atoms with Gasteiger partial charge in [0.15, 0.2) is 18.9 Å². The highest BCUT2D eigenvalue weighted by Gasteiger charge is 2.53. The average Bonchev–Trinajstić information content (AvgIpc) is 2.82.